The lowest BCUT2D eigenvalue weighted by Crippen LogP contribution is -2.06. The van der Waals surface area contributed by atoms with E-state index >= 15 is 0 Å². The Morgan fingerprint density at radius 1 is 0.333 bits per heavy atom. The third-order valence-corrected chi connectivity index (χ3v) is 13.2. The minimum absolute atomic E-state index is 0.513. The van der Waals surface area contributed by atoms with Crippen molar-refractivity contribution in [1.82, 2.24) is 34.1 Å². The summed E-state index contributed by atoms with van der Waals surface area (Å²) < 4.78 is 11.0. The highest BCUT2D eigenvalue weighted by Gasteiger charge is 2.24. The van der Waals surface area contributed by atoms with E-state index in [0.717, 1.165) is 110 Å². The first-order valence-corrected chi connectivity index (χ1v) is 23.0. The van der Waals surface area contributed by atoms with E-state index in [0.29, 0.717) is 23.4 Å². The molecular formula is C61H37N7O. The number of hydrogen-bond acceptors (Lipinski definition) is 6. The van der Waals surface area contributed by atoms with Gasteiger partial charge >= 0.3 is 0 Å². The lowest BCUT2D eigenvalue weighted by molar-refractivity contribution is 0.670. The van der Waals surface area contributed by atoms with Crippen molar-refractivity contribution in [2.24, 2.45) is 0 Å². The summed E-state index contributed by atoms with van der Waals surface area (Å²) in [5.41, 5.74) is 13.1. The summed E-state index contributed by atoms with van der Waals surface area (Å²) in [6.45, 7) is 0. The van der Waals surface area contributed by atoms with E-state index in [9.17, 15) is 0 Å². The van der Waals surface area contributed by atoms with Gasteiger partial charge in [-0.05, 0) is 60.2 Å². The van der Waals surface area contributed by atoms with Gasteiger partial charge in [0.1, 0.15) is 16.8 Å². The van der Waals surface area contributed by atoms with Crippen molar-refractivity contribution in [3.63, 3.8) is 0 Å². The van der Waals surface area contributed by atoms with Gasteiger partial charge in [-0.2, -0.15) is 9.97 Å². The van der Waals surface area contributed by atoms with Crippen LogP contribution in [-0.2, 0) is 0 Å². The number of hydrogen-bond donors (Lipinski definition) is 0. The van der Waals surface area contributed by atoms with Gasteiger partial charge in [-0.25, -0.2) is 15.0 Å². The number of furan rings is 1. The summed E-state index contributed by atoms with van der Waals surface area (Å²) in [7, 11) is 0. The second kappa shape index (κ2) is 15.5. The highest BCUT2D eigenvalue weighted by atomic mass is 16.3. The molecule has 5 heterocycles. The van der Waals surface area contributed by atoms with E-state index in [1.54, 1.807) is 0 Å². The van der Waals surface area contributed by atoms with Gasteiger partial charge in [0.2, 0.25) is 5.95 Å². The first-order valence-electron chi connectivity index (χ1n) is 23.0. The molecule has 0 saturated heterocycles. The normalized spacial score (nSPS) is 11.8. The van der Waals surface area contributed by atoms with Crippen LogP contribution in [0.3, 0.4) is 0 Å². The summed E-state index contributed by atoms with van der Waals surface area (Å²) >= 11 is 0. The molecule has 5 aromatic heterocycles. The van der Waals surface area contributed by atoms with Crippen LogP contribution < -0.4 is 0 Å². The molecule has 0 bridgehead atoms. The van der Waals surface area contributed by atoms with Crippen molar-refractivity contribution in [3.8, 4) is 68.2 Å². The Bertz CT molecular complexity index is 4240. The maximum absolute atomic E-state index is 6.59. The Kier molecular flexibility index (Phi) is 8.72. The van der Waals surface area contributed by atoms with Crippen molar-refractivity contribution in [1.29, 1.82) is 0 Å². The fourth-order valence-electron chi connectivity index (χ4n) is 10.0. The van der Waals surface area contributed by atoms with Crippen LogP contribution in [-0.4, -0.2) is 34.1 Å². The lowest BCUT2D eigenvalue weighted by atomic mass is 10.00. The predicted octanol–water partition coefficient (Wildman–Crippen LogP) is 15.1. The fourth-order valence-corrected chi connectivity index (χ4v) is 10.0. The van der Waals surface area contributed by atoms with Crippen molar-refractivity contribution in [3.05, 3.63) is 224 Å². The zero-order valence-electron chi connectivity index (χ0n) is 36.9. The molecule has 0 saturated carbocycles. The van der Waals surface area contributed by atoms with Gasteiger partial charge in [0.25, 0.3) is 0 Å². The molecule has 0 aliphatic carbocycles. The molecule has 0 N–H and O–H groups in total. The van der Waals surface area contributed by atoms with E-state index in [4.69, 9.17) is 29.3 Å². The van der Waals surface area contributed by atoms with Crippen LogP contribution in [0, 0.1) is 0 Å². The van der Waals surface area contributed by atoms with Crippen molar-refractivity contribution < 1.29 is 4.42 Å². The van der Waals surface area contributed by atoms with Gasteiger partial charge in [-0.3, -0.25) is 9.13 Å². The third kappa shape index (κ3) is 6.27. The minimum atomic E-state index is 0.513. The van der Waals surface area contributed by atoms with Crippen molar-refractivity contribution >= 4 is 65.7 Å². The molecule has 0 aliphatic heterocycles. The highest BCUT2D eigenvalue weighted by Crippen LogP contribution is 2.42. The number of fused-ring (bicyclic) bond motifs is 9. The Morgan fingerprint density at radius 2 is 0.870 bits per heavy atom. The number of rotatable bonds is 7. The van der Waals surface area contributed by atoms with Gasteiger partial charge < -0.3 is 4.42 Å². The van der Waals surface area contributed by atoms with Gasteiger partial charge in [0, 0.05) is 60.4 Å². The van der Waals surface area contributed by atoms with Gasteiger partial charge in [0.15, 0.2) is 17.5 Å². The van der Waals surface area contributed by atoms with E-state index in [1.807, 2.05) is 84.9 Å². The average molecular weight is 884 g/mol. The fraction of sp³-hybridized carbons (Fsp3) is 0. The molecule has 8 heteroatoms. The largest absolute Gasteiger partial charge is 0.455 e. The summed E-state index contributed by atoms with van der Waals surface area (Å²) in [6, 6.07) is 77.3. The molecule has 0 aliphatic rings. The average Bonchev–Trinajstić information content (AvgIpc) is 4.09. The molecule has 0 radical (unpaired) electrons. The molecule has 14 rings (SSSR count). The molecule has 9 aromatic carbocycles. The third-order valence-electron chi connectivity index (χ3n) is 13.2. The van der Waals surface area contributed by atoms with Gasteiger partial charge in [-0.15, -0.1) is 0 Å². The molecule has 0 fully saturated rings. The van der Waals surface area contributed by atoms with Gasteiger partial charge in [0.05, 0.1) is 27.6 Å². The van der Waals surface area contributed by atoms with Gasteiger partial charge in [-0.1, -0.05) is 170 Å². The SMILES string of the molecule is c1ccc(-c2nc(-c3ccccc3)nc(-n3c4ccc(-c5nc(-c6ccccc6)c6c7ccccc7n(-c7ccccc7)c6n5)cc4c4cc(-c5cccc6c5oc5ccccc56)ccc43)n2)cc1. The molecule has 0 spiro atoms. The Morgan fingerprint density at radius 3 is 1.57 bits per heavy atom. The molecule has 0 atom stereocenters. The zero-order chi connectivity index (χ0) is 45.4. The monoisotopic (exact) mass is 883 g/mol. The zero-order valence-corrected chi connectivity index (χ0v) is 36.9. The summed E-state index contributed by atoms with van der Waals surface area (Å²) in [5, 5.41) is 6.28. The summed E-state index contributed by atoms with van der Waals surface area (Å²) in [5.74, 6) is 2.30. The van der Waals surface area contributed by atoms with E-state index in [-0.39, 0.29) is 0 Å². The second-order valence-corrected chi connectivity index (χ2v) is 17.2. The Balaban J connectivity index is 1.05. The Labute approximate surface area is 395 Å². The predicted molar refractivity (Wildman–Crippen MR) is 279 cm³/mol. The molecular weight excluding hydrogens is 847 g/mol. The maximum Gasteiger partial charge on any atom is 0.238 e. The van der Waals surface area contributed by atoms with Crippen molar-refractivity contribution in [2.45, 2.75) is 0 Å². The Hall–Kier alpha value is -9.53. The van der Waals surface area contributed by atoms with Crippen LogP contribution in [0.1, 0.15) is 0 Å². The number of aromatic nitrogens is 7. The summed E-state index contributed by atoms with van der Waals surface area (Å²) in [4.78, 5) is 26.5. The first-order chi connectivity index (χ1) is 34.2. The number of para-hydroxylation sites is 4. The van der Waals surface area contributed by atoms with Crippen molar-refractivity contribution in [2.75, 3.05) is 0 Å². The molecule has 69 heavy (non-hydrogen) atoms. The highest BCUT2D eigenvalue weighted by molar-refractivity contribution is 6.16. The van der Waals surface area contributed by atoms with Crippen LogP contribution >= 0.6 is 0 Å². The molecule has 0 amide bonds. The number of nitrogens with zero attached hydrogens (tertiary/aromatic N) is 7. The summed E-state index contributed by atoms with van der Waals surface area (Å²) in [6.07, 6.45) is 0. The number of benzene rings is 9. The maximum atomic E-state index is 6.59. The molecule has 14 aromatic rings. The molecule has 8 nitrogen and oxygen atoms in total. The first kappa shape index (κ1) is 38.7. The van der Waals surface area contributed by atoms with E-state index in [2.05, 4.69) is 149 Å². The minimum Gasteiger partial charge on any atom is -0.455 e. The van der Waals surface area contributed by atoms with Crippen LogP contribution in [0.25, 0.3) is 134 Å². The topological polar surface area (TPSA) is 87.5 Å². The molecule has 322 valence electrons. The van der Waals surface area contributed by atoms with Crippen LogP contribution in [0.5, 0.6) is 0 Å². The lowest BCUT2D eigenvalue weighted by Gasteiger charge is -2.12. The smallest absolute Gasteiger partial charge is 0.238 e. The van der Waals surface area contributed by atoms with E-state index in [1.165, 1.54) is 0 Å². The second-order valence-electron chi connectivity index (χ2n) is 17.2. The van der Waals surface area contributed by atoms with E-state index < -0.39 is 0 Å². The van der Waals surface area contributed by atoms with Crippen LogP contribution in [0.15, 0.2) is 229 Å². The molecule has 0 unspecified atom stereocenters. The van der Waals surface area contributed by atoms with Crippen LogP contribution in [0.4, 0.5) is 0 Å². The quantitative estimate of drug-likeness (QED) is 0.158. The van der Waals surface area contributed by atoms with Crippen LogP contribution in [0.2, 0.25) is 0 Å². The standard InChI is InChI=1S/C61H37N7O/c1-5-18-38(19-6-1)55-54-47-27-13-15-30-50(47)67(43-24-11-4-12-25-43)60(54)64-59(62-55)42-33-35-52-49(37-42)48-36-41(44-28-17-29-46-45-26-14-16-31-53(45)69-56(44)46)32-34-51(48)68(52)61-65-57(39-20-7-2-8-21-39)63-58(66-61)40-22-9-3-10-23-40/h1-37H.